The van der Waals surface area contributed by atoms with E-state index in [9.17, 15) is 4.79 Å². The maximum Gasteiger partial charge on any atom is 0.230 e. The molecule has 0 unspecified atom stereocenters. The molecule has 1 heterocycles. The number of rotatable bonds is 6. The lowest BCUT2D eigenvalue weighted by atomic mass is 10.0. The summed E-state index contributed by atoms with van der Waals surface area (Å²) in [4.78, 5) is 21.9. The van der Waals surface area contributed by atoms with Crippen molar-refractivity contribution in [1.29, 1.82) is 5.26 Å². The van der Waals surface area contributed by atoms with Crippen LogP contribution in [0.2, 0.25) is 5.02 Å². The fourth-order valence-electron chi connectivity index (χ4n) is 3.08. The van der Waals surface area contributed by atoms with Gasteiger partial charge < -0.3 is 10.1 Å². The number of aromatic nitrogens is 2. The van der Waals surface area contributed by atoms with Crippen LogP contribution in [0.5, 0.6) is 11.6 Å². The monoisotopic (exact) mass is 454 g/mol. The quantitative estimate of drug-likeness (QED) is 0.340. The van der Waals surface area contributed by atoms with Gasteiger partial charge in [-0.05, 0) is 56.3 Å². The molecular weight excluding hydrogens is 436 g/mol. The molecule has 0 aliphatic carbocycles. The third kappa shape index (κ3) is 5.17. The summed E-state index contributed by atoms with van der Waals surface area (Å²) in [5.74, 6) is 0.772. The summed E-state index contributed by atoms with van der Waals surface area (Å²) in [7, 11) is 0. The zero-order valence-electron chi connectivity index (χ0n) is 18.0. The second-order valence-electron chi connectivity index (χ2n) is 7.43. The number of nitrogens with zero attached hydrogens (tertiary/aromatic N) is 3. The molecule has 0 amide bonds. The van der Waals surface area contributed by atoms with Gasteiger partial charge in [0.1, 0.15) is 5.75 Å². The first-order valence-electron chi connectivity index (χ1n) is 10.1. The molecule has 0 bridgehead atoms. The number of ether oxygens (including phenoxy) is 1. The lowest BCUT2D eigenvalue weighted by Gasteiger charge is -2.13. The highest BCUT2D eigenvalue weighted by atomic mass is 35.5. The summed E-state index contributed by atoms with van der Waals surface area (Å²) in [6.07, 6.45) is 1.63. The van der Waals surface area contributed by atoms with Crippen molar-refractivity contribution in [3.05, 3.63) is 106 Å². The van der Waals surface area contributed by atoms with Crippen molar-refractivity contribution in [2.75, 3.05) is 5.32 Å². The average Bonchev–Trinajstić information content (AvgIpc) is 2.83. The molecule has 0 spiro atoms. The lowest BCUT2D eigenvalue weighted by Crippen LogP contribution is -2.06. The van der Waals surface area contributed by atoms with Crippen LogP contribution in [0, 0.1) is 25.2 Å². The predicted molar refractivity (Wildman–Crippen MR) is 127 cm³/mol. The summed E-state index contributed by atoms with van der Waals surface area (Å²) < 4.78 is 6.06. The van der Waals surface area contributed by atoms with Crippen LogP contribution in [0.1, 0.15) is 32.6 Å². The highest BCUT2D eigenvalue weighted by Gasteiger charge is 2.18. The summed E-state index contributed by atoms with van der Waals surface area (Å²) in [5, 5.41) is 12.5. The fraction of sp³-hybridized carbons (Fsp3) is 0.0769. The molecule has 7 heteroatoms. The van der Waals surface area contributed by atoms with Crippen LogP contribution in [0.15, 0.2) is 72.9 Å². The first-order valence-corrected chi connectivity index (χ1v) is 10.5. The zero-order chi connectivity index (χ0) is 23.4. The molecule has 0 saturated heterocycles. The van der Waals surface area contributed by atoms with E-state index < -0.39 is 0 Å². The van der Waals surface area contributed by atoms with Gasteiger partial charge in [-0.2, -0.15) is 10.2 Å². The van der Waals surface area contributed by atoms with Crippen molar-refractivity contribution < 1.29 is 9.53 Å². The van der Waals surface area contributed by atoms with E-state index in [1.807, 2.05) is 26.0 Å². The van der Waals surface area contributed by atoms with Gasteiger partial charge in [-0.1, -0.05) is 41.4 Å². The van der Waals surface area contributed by atoms with Gasteiger partial charge >= 0.3 is 0 Å². The number of hydrogen-bond acceptors (Lipinski definition) is 6. The topological polar surface area (TPSA) is 87.9 Å². The second kappa shape index (κ2) is 9.51. The second-order valence-corrected chi connectivity index (χ2v) is 7.87. The molecular formula is C26H19ClN4O2. The van der Waals surface area contributed by atoms with Gasteiger partial charge in [-0.15, -0.1) is 0 Å². The number of nitriles is 1. The van der Waals surface area contributed by atoms with Gasteiger partial charge in [0.05, 0.1) is 17.2 Å². The predicted octanol–water partition coefficient (Wildman–Crippen LogP) is 6.39. The van der Waals surface area contributed by atoms with Crippen molar-refractivity contribution in [3.63, 3.8) is 0 Å². The number of carbonyl (C=O) groups excluding carboxylic acids is 1. The Labute approximate surface area is 196 Å². The standard InChI is InChI=1S/C26H19ClN4O2/c1-16-3-7-19(8-4-16)24(32)22-13-20(27)9-12-23(22)33-25-17(2)15-29-26(31-25)30-21-10-5-18(14-28)6-11-21/h3-13,15H,1-2H3,(H,29,30,31). The highest BCUT2D eigenvalue weighted by Crippen LogP contribution is 2.31. The van der Waals surface area contributed by atoms with Gasteiger partial charge in [0.25, 0.3) is 0 Å². The van der Waals surface area contributed by atoms with Crippen molar-refractivity contribution in [2.45, 2.75) is 13.8 Å². The summed E-state index contributed by atoms with van der Waals surface area (Å²) >= 11 is 6.18. The first-order chi connectivity index (χ1) is 15.9. The molecule has 4 rings (SSSR count). The van der Waals surface area contributed by atoms with Crippen molar-refractivity contribution in [3.8, 4) is 17.7 Å². The van der Waals surface area contributed by atoms with Crippen molar-refractivity contribution in [1.82, 2.24) is 9.97 Å². The maximum atomic E-state index is 13.2. The Hall–Kier alpha value is -4.21. The number of hydrogen-bond donors (Lipinski definition) is 1. The Morgan fingerprint density at radius 2 is 1.76 bits per heavy atom. The van der Waals surface area contributed by atoms with Crippen molar-refractivity contribution in [2.24, 2.45) is 0 Å². The highest BCUT2D eigenvalue weighted by molar-refractivity contribution is 6.31. The normalized spacial score (nSPS) is 10.4. The Kier molecular flexibility index (Phi) is 6.34. The first kappa shape index (κ1) is 22.0. The summed E-state index contributed by atoms with van der Waals surface area (Å²) in [5.41, 5.74) is 3.92. The molecule has 1 N–H and O–H groups in total. The van der Waals surface area contributed by atoms with Crippen molar-refractivity contribution >= 4 is 29.0 Å². The fourth-order valence-corrected chi connectivity index (χ4v) is 3.25. The number of carbonyl (C=O) groups is 1. The molecule has 4 aromatic rings. The van der Waals surface area contributed by atoms with E-state index in [0.717, 1.165) is 11.3 Å². The van der Waals surface area contributed by atoms with E-state index in [1.165, 1.54) is 0 Å². The van der Waals surface area contributed by atoms with Crippen LogP contribution in [0.4, 0.5) is 11.6 Å². The molecule has 162 valence electrons. The van der Waals surface area contributed by atoms with Gasteiger partial charge in [0.2, 0.25) is 11.8 Å². The summed E-state index contributed by atoms with van der Waals surface area (Å²) in [6.45, 7) is 3.78. The number of halogens is 1. The van der Waals surface area contributed by atoms with Crippen LogP contribution < -0.4 is 10.1 Å². The van der Waals surface area contributed by atoms with Crippen LogP contribution in [0.3, 0.4) is 0 Å². The molecule has 0 atom stereocenters. The van der Waals surface area contributed by atoms with Crippen LogP contribution in [-0.4, -0.2) is 15.8 Å². The number of benzene rings is 3. The molecule has 6 nitrogen and oxygen atoms in total. The Balaban J connectivity index is 1.63. The van der Waals surface area contributed by atoms with E-state index in [2.05, 4.69) is 21.4 Å². The Bertz CT molecular complexity index is 1360. The SMILES string of the molecule is Cc1ccc(C(=O)c2cc(Cl)ccc2Oc2nc(Nc3ccc(C#N)cc3)ncc2C)cc1. The van der Waals surface area contributed by atoms with Gasteiger partial charge in [-0.25, -0.2) is 4.98 Å². The summed E-state index contributed by atoms with van der Waals surface area (Å²) in [6, 6.07) is 21.2. The number of nitrogens with one attached hydrogen (secondary N) is 1. The molecule has 0 radical (unpaired) electrons. The third-order valence-corrected chi connectivity index (χ3v) is 5.14. The number of ketones is 1. The lowest BCUT2D eigenvalue weighted by molar-refractivity contribution is 0.103. The smallest absolute Gasteiger partial charge is 0.230 e. The van der Waals surface area contributed by atoms with E-state index in [1.54, 1.807) is 60.8 Å². The number of aryl methyl sites for hydroxylation is 2. The Morgan fingerprint density at radius 3 is 2.45 bits per heavy atom. The molecule has 0 fully saturated rings. The van der Waals surface area contributed by atoms with E-state index >= 15 is 0 Å². The van der Waals surface area contributed by atoms with E-state index in [0.29, 0.717) is 44.9 Å². The van der Waals surface area contributed by atoms with Crippen LogP contribution >= 0.6 is 11.6 Å². The Morgan fingerprint density at radius 1 is 1.03 bits per heavy atom. The van der Waals surface area contributed by atoms with Crippen LogP contribution in [0.25, 0.3) is 0 Å². The zero-order valence-corrected chi connectivity index (χ0v) is 18.7. The molecule has 0 saturated carbocycles. The van der Waals surface area contributed by atoms with Gasteiger partial charge in [0, 0.05) is 28.0 Å². The molecule has 0 aliphatic heterocycles. The number of anilines is 2. The molecule has 1 aromatic heterocycles. The molecule has 0 aliphatic rings. The van der Waals surface area contributed by atoms with Gasteiger partial charge in [-0.3, -0.25) is 4.79 Å². The molecule has 33 heavy (non-hydrogen) atoms. The minimum absolute atomic E-state index is 0.199. The molecule has 3 aromatic carbocycles. The average molecular weight is 455 g/mol. The minimum atomic E-state index is -0.199. The largest absolute Gasteiger partial charge is 0.438 e. The van der Waals surface area contributed by atoms with E-state index in [4.69, 9.17) is 21.6 Å². The van der Waals surface area contributed by atoms with E-state index in [-0.39, 0.29) is 5.78 Å². The minimum Gasteiger partial charge on any atom is -0.438 e. The maximum absolute atomic E-state index is 13.2. The van der Waals surface area contributed by atoms with Gasteiger partial charge in [0.15, 0.2) is 5.78 Å². The third-order valence-electron chi connectivity index (χ3n) is 4.90. The van der Waals surface area contributed by atoms with Crippen LogP contribution in [-0.2, 0) is 0 Å².